The Bertz CT molecular complexity index is 1390. The van der Waals surface area contributed by atoms with Gasteiger partial charge in [0.1, 0.15) is 29.5 Å². The molecule has 11 heteroatoms. The van der Waals surface area contributed by atoms with Gasteiger partial charge in [-0.25, -0.2) is 9.80 Å². The Kier molecular flexibility index (Phi) is 9.99. The van der Waals surface area contributed by atoms with Gasteiger partial charge in [-0.1, -0.05) is 79.9 Å². The summed E-state index contributed by atoms with van der Waals surface area (Å²) in [5, 5.41) is 20.9. The Labute approximate surface area is 264 Å². The molecule has 0 radical (unpaired) electrons. The van der Waals surface area contributed by atoms with Gasteiger partial charge in [-0.3, -0.25) is 14.5 Å². The molecule has 240 valence electrons. The normalized spacial score (nSPS) is 22.2. The Balaban J connectivity index is 1.46. The fourth-order valence-corrected chi connectivity index (χ4v) is 6.73. The SMILES string of the molecule is CC(C)(NC(=O)O)C(=O)N[C@@H](C=O)C(OCc1ccccc1)N1CCC2=NN(C3CCCCC3)C(=O)C2(Cc2ccccc2)C1. The van der Waals surface area contributed by atoms with Crippen LogP contribution in [0, 0.1) is 5.41 Å². The zero-order chi connectivity index (χ0) is 32.0. The summed E-state index contributed by atoms with van der Waals surface area (Å²) in [5.41, 5.74) is 0.278. The molecule has 45 heavy (non-hydrogen) atoms. The van der Waals surface area contributed by atoms with E-state index in [4.69, 9.17) is 9.84 Å². The van der Waals surface area contributed by atoms with Gasteiger partial charge in [-0.15, -0.1) is 0 Å². The summed E-state index contributed by atoms with van der Waals surface area (Å²) in [6, 6.07) is 18.3. The number of nitrogens with one attached hydrogen (secondary N) is 2. The number of benzene rings is 2. The molecule has 1 saturated carbocycles. The minimum absolute atomic E-state index is 0.0294. The van der Waals surface area contributed by atoms with E-state index in [1.165, 1.54) is 13.8 Å². The summed E-state index contributed by atoms with van der Waals surface area (Å²) >= 11 is 0. The average Bonchev–Trinajstić information content (AvgIpc) is 3.32. The van der Waals surface area contributed by atoms with E-state index in [1.54, 1.807) is 5.01 Å². The van der Waals surface area contributed by atoms with Gasteiger partial charge in [0.15, 0.2) is 0 Å². The quantitative estimate of drug-likeness (QED) is 0.308. The van der Waals surface area contributed by atoms with Crippen molar-refractivity contribution in [3.8, 4) is 0 Å². The highest BCUT2D eigenvalue weighted by Crippen LogP contribution is 2.42. The number of carboxylic acid groups (broad SMARTS) is 1. The molecule has 2 aromatic rings. The van der Waals surface area contributed by atoms with Crippen molar-refractivity contribution in [2.24, 2.45) is 10.5 Å². The van der Waals surface area contributed by atoms with Crippen molar-refractivity contribution in [3.63, 3.8) is 0 Å². The molecule has 3 amide bonds. The summed E-state index contributed by atoms with van der Waals surface area (Å²) < 4.78 is 6.42. The van der Waals surface area contributed by atoms with E-state index in [9.17, 15) is 24.3 Å². The van der Waals surface area contributed by atoms with Crippen molar-refractivity contribution < 1.29 is 29.0 Å². The smallest absolute Gasteiger partial charge is 0.405 e. The highest BCUT2D eigenvalue weighted by Gasteiger charge is 2.56. The van der Waals surface area contributed by atoms with Crippen LogP contribution in [0.5, 0.6) is 0 Å². The minimum atomic E-state index is -1.50. The second-order valence-corrected chi connectivity index (χ2v) is 12.8. The lowest BCUT2D eigenvalue weighted by molar-refractivity contribution is -0.148. The van der Waals surface area contributed by atoms with E-state index in [0.717, 1.165) is 48.9 Å². The third-order valence-corrected chi connectivity index (χ3v) is 9.14. The van der Waals surface area contributed by atoms with Gasteiger partial charge in [0, 0.05) is 19.5 Å². The number of hydrazone groups is 1. The number of carbonyl (C=O) groups is 4. The standard InChI is InChI=1S/C34H43N5O6/c1-33(2,36-32(43)44)30(41)35-27(21-40)29(45-22-25-14-8-4-9-15-25)38-19-18-28-34(23-38,20-24-12-6-3-7-13-24)31(42)39(37-28)26-16-10-5-11-17-26/h3-4,6-9,12-15,21,26-27,29,36H,5,10-11,16-20,22-23H2,1-2H3,(H,35,41)(H,43,44)/t27-,29?,34?/m0/s1. The van der Waals surface area contributed by atoms with Gasteiger partial charge < -0.3 is 25.3 Å². The first-order valence-corrected chi connectivity index (χ1v) is 15.8. The van der Waals surface area contributed by atoms with Gasteiger partial charge >= 0.3 is 6.09 Å². The molecule has 0 spiro atoms. The second kappa shape index (κ2) is 13.9. The third-order valence-electron chi connectivity index (χ3n) is 9.14. The first-order chi connectivity index (χ1) is 21.6. The molecule has 2 unspecified atom stereocenters. The molecule has 11 nitrogen and oxygen atoms in total. The minimum Gasteiger partial charge on any atom is -0.465 e. The molecule has 3 aliphatic rings. The third kappa shape index (κ3) is 7.26. The molecule has 2 aliphatic heterocycles. The first kappa shape index (κ1) is 32.3. The summed E-state index contributed by atoms with van der Waals surface area (Å²) in [7, 11) is 0. The number of amides is 3. The van der Waals surface area contributed by atoms with Crippen molar-refractivity contribution in [1.29, 1.82) is 0 Å². The molecule has 1 saturated heterocycles. The Morgan fingerprint density at radius 2 is 1.71 bits per heavy atom. The van der Waals surface area contributed by atoms with Crippen molar-refractivity contribution in [2.75, 3.05) is 13.1 Å². The molecule has 0 bridgehead atoms. The molecule has 2 heterocycles. The van der Waals surface area contributed by atoms with E-state index in [1.807, 2.05) is 65.6 Å². The number of likely N-dealkylation sites (tertiary alicyclic amines) is 1. The molecular weight excluding hydrogens is 574 g/mol. The number of ether oxygens (including phenoxy) is 1. The maximum absolute atomic E-state index is 14.5. The molecule has 2 fully saturated rings. The van der Waals surface area contributed by atoms with Crippen LogP contribution in [0.15, 0.2) is 65.8 Å². The molecule has 1 aliphatic carbocycles. The highest BCUT2D eigenvalue weighted by atomic mass is 16.5. The average molecular weight is 618 g/mol. The van der Waals surface area contributed by atoms with Crippen LogP contribution in [-0.2, 0) is 32.1 Å². The topological polar surface area (TPSA) is 141 Å². The van der Waals surface area contributed by atoms with Crippen LogP contribution in [-0.4, -0.2) is 81.9 Å². The van der Waals surface area contributed by atoms with Crippen LogP contribution in [0.3, 0.4) is 0 Å². The molecule has 3 N–H and O–H groups in total. The molecular formula is C34H43N5O6. The van der Waals surface area contributed by atoms with Gasteiger partial charge in [-0.2, -0.15) is 5.10 Å². The molecule has 0 aromatic heterocycles. The first-order valence-electron chi connectivity index (χ1n) is 15.8. The fraction of sp³-hybridized carbons (Fsp3) is 0.500. The van der Waals surface area contributed by atoms with Gasteiger partial charge in [0.2, 0.25) is 5.91 Å². The summed E-state index contributed by atoms with van der Waals surface area (Å²) in [6.07, 6.45) is 4.43. The number of piperidine rings is 1. The molecule has 2 aromatic carbocycles. The Hall–Kier alpha value is -4.09. The number of carbonyl (C=O) groups excluding carboxylic acids is 3. The van der Waals surface area contributed by atoms with Crippen LogP contribution >= 0.6 is 0 Å². The zero-order valence-corrected chi connectivity index (χ0v) is 26.0. The molecule has 5 rings (SSSR count). The van der Waals surface area contributed by atoms with Crippen molar-refractivity contribution in [3.05, 3.63) is 71.8 Å². The van der Waals surface area contributed by atoms with Crippen LogP contribution in [0.1, 0.15) is 63.5 Å². The van der Waals surface area contributed by atoms with Crippen molar-refractivity contribution in [2.45, 2.75) is 89.3 Å². The van der Waals surface area contributed by atoms with Crippen molar-refractivity contribution >= 4 is 29.9 Å². The molecule has 3 atom stereocenters. The Morgan fingerprint density at radius 3 is 2.33 bits per heavy atom. The lowest BCUT2D eigenvalue weighted by Crippen LogP contribution is -2.64. The van der Waals surface area contributed by atoms with Gasteiger partial charge in [0.05, 0.1) is 18.4 Å². The number of hydrogen-bond donors (Lipinski definition) is 3. The Morgan fingerprint density at radius 1 is 1.07 bits per heavy atom. The van der Waals surface area contributed by atoms with Gasteiger partial charge in [0.25, 0.3) is 5.91 Å². The van der Waals surface area contributed by atoms with E-state index in [-0.39, 0.29) is 25.1 Å². The number of rotatable bonds is 12. The van der Waals surface area contributed by atoms with E-state index in [2.05, 4.69) is 10.6 Å². The van der Waals surface area contributed by atoms with Crippen LogP contribution < -0.4 is 10.6 Å². The number of hydrogen-bond acceptors (Lipinski definition) is 7. The van der Waals surface area contributed by atoms with E-state index in [0.29, 0.717) is 25.7 Å². The van der Waals surface area contributed by atoms with Gasteiger partial charge in [-0.05, 0) is 44.2 Å². The predicted octanol–water partition coefficient (Wildman–Crippen LogP) is 3.72. The maximum atomic E-state index is 14.5. The zero-order valence-electron chi connectivity index (χ0n) is 26.0. The number of fused-ring (bicyclic) bond motifs is 1. The van der Waals surface area contributed by atoms with Crippen LogP contribution in [0.4, 0.5) is 4.79 Å². The van der Waals surface area contributed by atoms with Crippen molar-refractivity contribution in [1.82, 2.24) is 20.5 Å². The summed E-state index contributed by atoms with van der Waals surface area (Å²) in [4.78, 5) is 53.7. The van der Waals surface area contributed by atoms with Crippen LogP contribution in [0.2, 0.25) is 0 Å². The van der Waals surface area contributed by atoms with E-state index >= 15 is 0 Å². The summed E-state index contributed by atoms with van der Waals surface area (Å²) in [5.74, 6) is -0.702. The van der Waals surface area contributed by atoms with Crippen LogP contribution in [0.25, 0.3) is 0 Å². The largest absolute Gasteiger partial charge is 0.465 e. The predicted molar refractivity (Wildman–Crippen MR) is 168 cm³/mol. The highest BCUT2D eigenvalue weighted by molar-refractivity contribution is 6.13. The lowest BCUT2D eigenvalue weighted by atomic mass is 9.73. The number of aldehydes is 1. The van der Waals surface area contributed by atoms with E-state index < -0.39 is 35.2 Å². The lowest BCUT2D eigenvalue weighted by Gasteiger charge is -2.44. The summed E-state index contributed by atoms with van der Waals surface area (Å²) in [6.45, 7) is 3.71. The fourth-order valence-electron chi connectivity index (χ4n) is 6.73. The maximum Gasteiger partial charge on any atom is 0.405 e. The second-order valence-electron chi connectivity index (χ2n) is 12.8. The number of nitrogens with zero attached hydrogens (tertiary/aromatic N) is 3. The monoisotopic (exact) mass is 617 g/mol.